The molecule has 0 radical (unpaired) electrons. The van der Waals surface area contributed by atoms with Crippen LogP contribution in [0.15, 0.2) is 0 Å². The molecule has 10 nitrogen and oxygen atoms in total. The topological polar surface area (TPSA) is 161 Å². The van der Waals surface area contributed by atoms with Crippen molar-refractivity contribution in [1.29, 1.82) is 0 Å². The number of hydrogen-bond donors (Lipinski definition) is 4. The SMILES string of the molecule is CC.CC(=O)C1CCC(CNC(=O)C(CC(=O)O)SCCC(=O)N(C)[C@@H](C)C(=O)O)CC1.CO. The van der Waals surface area contributed by atoms with Crippen LogP contribution in [-0.4, -0.2) is 87.5 Å². The Morgan fingerprint density at radius 1 is 1.03 bits per heavy atom. The van der Waals surface area contributed by atoms with Gasteiger partial charge < -0.3 is 25.5 Å². The summed E-state index contributed by atoms with van der Waals surface area (Å²) in [4.78, 5) is 59.2. The Labute approximate surface area is 206 Å². The number of Topliss-reactive ketones (excluding diaryl/α,β-unsaturated/α-hetero) is 1. The third-order valence-electron chi connectivity index (χ3n) is 5.61. The van der Waals surface area contributed by atoms with Gasteiger partial charge in [-0.3, -0.25) is 19.2 Å². The Morgan fingerprint density at radius 3 is 2.00 bits per heavy atom. The Hall–Kier alpha value is -2.14. The molecule has 0 aliphatic heterocycles. The molecule has 1 unspecified atom stereocenters. The molecule has 0 aromatic carbocycles. The van der Waals surface area contributed by atoms with Crippen LogP contribution in [0, 0.1) is 11.8 Å². The zero-order valence-electron chi connectivity index (χ0n) is 21.2. The standard InChI is InChI=1S/C20H32N2O7S.C2H6.CH4O/c1-12(20(28)29)22(3)17(24)8-9-30-16(10-18(25)26)19(27)21-11-14-4-6-15(7-5-14)13(2)23;2*1-2/h12,14-16H,4-11H2,1-3H3,(H,21,27)(H,25,26)(H,28,29);1-2H3;2H,1H3/t12-,14?,15?,16?;;/m0../s1. The Balaban J connectivity index is 0. The minimum Gasteiger partial charge on any atom is -0.481 e. The highest BCUT2D eigenvalue weighted by molar-refractivity contribution is 8.00. The molecule has 0 spiro atoms. The van der Waals surface area contributed by atoms with E-state index in [0.717, 1.165) is 49.5 Å². The van der Waals surface area contributed by atoms with Gasteiger partial charge in [0.15, 0.2) is 0 Å². The van der Waals surface area contributed by atoms with Gasteiger partial charge in [-0.15, -0.1) is 11.8 Å². The van der Waals surface area contributed by atoms with E-state index in [1.165, 1.54) is 14.0 Å². The van der Waals surface area contributed by atoms with E-state index in [-0.39, 0.29) is 48.0 Å². The van der Waals surface area contributed by atoms with Crippen molar-refractivity contribution in [3.05, 3.63) is 0 Å². The predicted octanol–water partition coefficient (Wildman–Crippen LogP) is 2.03. The average molecular weight is 507 g/mol. The summed E-state index contributed by atoms with van der Waals surface area (Å²) in [7, 11) is 2.40. The molecule has 2 atom stereocenters. The van der Waals surface area contributed by atoms with E-state index < -0.39 is 23.2 Å². The number of nitrogens with zero attached hydrogens (tertiary/aromatic N) is 1. The van der Waals surface area contributed by atoms with Crippen LogP contribution in [0.25, 0.3) is 0 Å². The lowest BCUT2D eigenvalue weighted by Crippen LogP contribution is -2.40. The molecule has 198 valence electrons. The third kappa shape index (κ3) is 13.5. The molecule has 34 heavy (non-hydrogen) atoms. The van der Waals surface area contributed by atoms with Gasteiger partial charge >= 0.3 is 11.9 Å². The second kappa shape index (κ2) is 19.2. The second-order valence-electron chi connectivity index (χ2n) is 7.80. The fourth-order valence-corrected chi connectivity index (χ4v) is 4.44. The molecule has 1 fully saturated rings. The van der Waals surface area contributed by atoms with Crippen LogP contribution in [0.2, 0.25) is 0 Å². The molecule has 1 rings (SSSR count). The maximum absolute atomic E-state index is 12.5. The summed E-state index contributed by atoms with van der Waals surface area (Å²) in [5, 5.41) is 27.0. The molecule has 0 saturated heterocycles. The quantitative estimate of drug-likeness (QED) is 0.310. The smallest absolute Gasteiger partial charge is 0.326 e. The summed E-state index contributed by atoms with van der Waals surface area (Å²) in [5.41, 5.74) is 0. The van der Waals surface area contributed by atoms with Crippen LogP contribution in [-0.2, 0) is 24.0 Å². The number of aliphatic carboxylic acids is 2. The van der Waals surface area contributed by atoms with Gasteiger partial charge in [0.1, 0.15) is 11.8 Å². The monoisotopic (exact) mass is 506 g/mol. The van der Waals surface area contributed by atoms with Crippen molar-refractivity contribution in [2.45, 2.75) is 77.5 Å². The highest BCUT2D eigenvalue weighted by Crippen LogP contribution is 2.29. The lowest BCUT2D eigenvalue weighted by Gasteiger charge is -2.27. The van der Waals surface area contributed by atoms with Crippen LogP contribution in [0.4, 0.5) is 0 Å². The highest BCUT2D eigenvalue weighted by Gasteiger charge is 2.27. The van der Waals surface area contributed by atoms with Crippen molar-refractivity contribution in [2.24, 2.45) is 11.8 Å². The number of carboxylic acids is 2. The number of likely N-dealkylation sites (N-methyl/N-ethyl adjacent to an activating group) is 1. The van der Waals surface area contributed by atoms with Crippen LogP contribution in [0.3, 0.4) is 0 Å². The van der Waals surface area contributed by atoms with Gasteiger partial charge in [0.2, 0.25) is 11.8 Å². The number of amides is 2. The van der Waals surface area contributed by atoms with E-state index in [2.05, 4.69) is 5.32 Å². The number of carbonyl (C=O) groups excluding carboxylic acids is 3. The van der Waals surface area contributed by atoms with E-state index in [0.29, 0.717) is 6.54 Å². The van der Waals surface area contributed by atoms with Crippen molar-refractivity contribution in [3.8, 4) is 0 Å². The molecular formula is C23H42N2O8S. The zero-order chi connectivity index (χ0) is 26.8. The van der Waals surface area contributed by atoms with Crippen LogP contribution >= 0.6 is 11.8 Å². The fraction of sp³-hybridized carbons (Fsp3) is 0.783. The Kier molecular flexibility index (Phi) is 19.2. The number of carboxylic acid groups (broad SMARTS) is 2. The second-order valence-corrected chi connectivity index (χ2v) is 9.11. The van der Waals surface area contributed by atoms with E-state index in [1.807, 2.05) is 13.8 Å². The molecule has 1 aliphatic carbocycles. The maximum Gasteiger partial charge on any atom is 0.326 e. The number of carbonyl (C=O) groups is 5. The number of thioether (sulfide) groups is 1. The lowest BCUT2D eigenvalue weighted by molar-refractivity contribution is -0.148. The molecule has 1 saturated carbocycles. The van der Waals surface area contributed by atoms with E-state index in [4.69, 9.17) is 15.3 Å². The maximum atomic E-state index is 12.5. The van der Waals surface area contributed by atoms with Gasteiger partial charge in [-0.2, -0.15) is 0 Å². The summed E-state index contributed by atoms with van der Waals surface area (Å²) in [6.45, 7) is 7.45. The molecule has 1 aliphatic rings. The highest BCUT2D eigenvalue weighted by atomic mass is 32.2. The van der Waals surface area contributed by atoms with Crippen molar-refractivity contribution < 1.29 is 39.3 Å². The Morgan fingerprint density at radius 2 is 1.56 bits per heavy atom. The zero-order valence-corrected chi connectivity index (χ0v) is 22.0. The van der Waals surface area contributed by atoms with Gasteiger partial charge in [-0.1, -0.05) is 13.8 Å². The summed E-state index contributed by atoms with van der Waals surface area (Å²) < 4.78 is 0. The third-order valence-corrected chi connectivity index (χ3v) is 6.83. The predicted molar refractivity (Wildman–Crippen MR) is 132 cm³/mol. The summed E-state index contributed by atoms with van der Waals surface area (Å²) >= 11 is 1.08. The largest absolute Gasteiger partial charge is 0.481 e. The fourth-order valence-electron chi connectivity index (χ4n) is 3.36. The summed E-state index contributed by atoms with van der Waals surface area (Å²) in [6, 6.07) is -0.960. The summed E-state index contributed by atoms with van der Waals surface area (Å²) in [6.07, 6.45) is 2.98. The molecule has 4 N–H and O–H groups in total. The minimum atomic E-state index is -1.11. The number of aliphatic hydroxyl groups excluding tert-OH is 1. The van der Waals surface area contributed by atoms with Gasteiger partial charge in [0.25, 0.3) is 0 Å². The summed E-state index contributed by atoms with van der Waals surface area (Å²) in [5.74, 6) is -2.19. The van der Waals surface area contributed by atoms with Gasteiger partial charge in [0.05, 0.1) is 11.7 Å². The van der Waals surface area contributed by atoms with Crippen molar-refractivity contribution >= 4 is 41.3 Å². The first kappa shape index (κ1) is 34.0. The number of ketones is 1. The number of hydrogen-bond acceptors (Lipinski definition) is 7. The van der Waals surface area contributed by atoms with E-state index in [9.17, 15) is 24.0 Å². The van der Waals surface area contributed by atoms with E-state index in [1.54, 1.807) is 6.92 Å². The van der Waals surface area contributed by atoms with Crippen molar-refractivity contribution in [3.63, 3.8) is 0 Å². The molecule has 0 heterocycles. The van der Waals surface area contributed by atoms with Gasteiger partial charge in [0, 0.05) is 38.8 Å². The number of rotatable bonds is 12. The average Bonchev–Trinajstić information content (AvgIpc) is 2.83. The Bertz CT molecular complexity index is 651. The number of aliphatic hydroxyl groups is 1. The van der Waals surface area contributed by atoms with Gasteiger partial charge in [-0.25, -0.2) is 4.79 Å². The molecule has 0 aromatic rings. The first-order chi connectivity index (χ1) is 16.0. The lowest BCUT2D eigenvalue weighted by atomic mass is 9.80. The van der Waals surface area contributed by atoms with Gasteiger partial charge in [-0.05, 0) is 45.4 Å². The normalized spacial score (nSPS) is 18.6. The van der Waals surface area contributed by atoms with Crippen molar-refractivity contribution in [2.75, 3.05) is 26.5 Å². The molecule has 0 bridgehead atoms. The number of nitrogens with one attached hydrogen (secondary N) is 1. The molecule has 2 amide bonds. The minimum absolute atomic E-state index is 0.0112. The van der Waals surface area contributed by atoms with Crippen molar-refractivity contribution in [1.82, 2.24) is 10.2 Å². The van der Waals surface area contributed by atoms with E-state index >= 15 is 0 Å². The molecule has 0 aromatic heterocycles. The van der Waals surface area contributed by atoms with Crippen LogP contribution in [0.5, 0.6) is 0 Å². The first-order valence-electron chi connectivity index (χ1n) is 11.6. The molecular weight excluding hydrogens is 464 g/mol. The van der Waals surface area contributed by atoms with Crippen LogP contribution in [0.1, 0.15) is 66.2 Å². The van der Waals surface area contributed by atoms with Crippen LogP contribution < -0.4 is 5.32 Å². The molecule has 11 heteroatoms. The first-order valence-corrected chi connectivity index (χ1v) is 12.6.